The van der Waals surface area contributed by atoms with Gasteiger partial charge in [-0.1, -0.05) is 35.9 Å². The molecule has 0 atom stereocenters. The van der Waals surface area contributed by atoms with Crippen LogP contribution in [0.15, 0.2) is 52.9 Å². The van der Waals surface area contributed by atoms with E-state index >= 15 is 0 Å². The maximum atomic E-state index is 12.8. The summed E-state index contributed by atoms with van der Waals surface area (Å²) in [6, 6.07) is 15.6. The first-order valence-electron chi connectivity index (χ1n) is 8.28. The average Bonchev–Trinajstić information content (AvgIpc) is 3.00. The Balaban J connectivity index is 1.90. The number of methoxy groups -OCH3 is 1. The molecule has 3 rings (SSSR count). The van der Waals surface area contributed by atoms with Gasteiger partial charge in [0.1, 0.15) is 5.58 Å². The number of amides is 1. The first-order valence-corrected chi connectivity index (χ1v) is 8.28. The van der Waals surface area contributed by atoms with Crippen LogP contribution in [-0.4, -0.2) is 19.6 Å². The predicted octanol–water partition coefficient (Wildman–Crippen LogP) is 4.06. The Labute approximate surface area is 147 Å². The Morgan fingerprint density at radius 2 is 1.88 bits per heavy atom. The van der Waals surface area contributed by atoms with E-state index in [0.29, 0.717) is 18.7 Å². The average molecular weight is 338 g/mol. The second kappa shape index (κ2) is 7.40. The number of benzene rings is 2. The van der Waals surface area contributed by atoms with Crippen LogP contribution in [0.4, 0.5) is 5.69 Å². The van der Waals surface area contributed by atoms with Gasteiger partial charge < -0.3 is 9.15 Å². The summed E-state index contributed by atoms with van der Waals surface area (Å²) >= 11 is 0. The van der Waals surface area contributed by atoms with Gasteiger partial charge in [-0.3, -0.25) is 15.2 Å². The smallest absolute Gasteiger partial charge is 0.305 e. The molecule has 0 fully saturated rings. The highest BCUT2D eigenvalue weighted by molar-refractivity contribution is 5.99. The monoisotopic (exact) mass is 338 g/mol. The summed E-state index contributed by atoms with van der Waals surface area (Å²) in [7, 11) is 1.61. The number of anilines is 1. The molecule has 0 aliphatic rings. The van der Waals surface area contributed by atoms with Gasteiger partial charge in [0.25, 0.3) is 0 Å². The third kappa shape index (κ3) is 3.51. The van der Waals surface area contributed by atoms with Gasteiger partial charge in [0.15, 0.2) is 5.76 Å². The number of hydrazine groups is 1. The predicted molar refractivity (Wildman–Crippen MR) is 98.6 cm³/mol. The molecule has 130 valence electrons. The van der Waals surface area contributed by atoms with Crippen molar-refractivity contribution in [3.8, 4) is 0 Å². The van der Waals surface area contributed by atoms with Crippen LogP contribution in [0.2, 0.25) is 0 Å². The summed E-state index contributed by atoms with van der Waals surface area (Å²) in [6.45, 7) is 4.96. The van der Waals surface area contributed by atoms with E-state index in [1.54, 1.807) is 12.1 Å². The minimum Gasteiger partial charge on any atom is -0.450 e. The van der Waals surface area contributed by atoms with E-state index in [4.69, 9.17) is 9.15 Å². The van der Waals surface area contributed by atoms with Crippen molar-refractivity contribution >= 4 is 22.6 Å². The number of rotatable bonds is 6. The topological polar surface area (TPSA) is 54.7 Å². The van der Waals surface area contributed by atoms with Gasteiger partial charge in [0, 0.05) is 24.6 Å². The molecule has 0 aliphatic carbocycles. The zero-order chi connectivity index (χ0) is 17.8. The van der Waals surface area contributed by atoms with Gasteiger partial charge >= 0.3 is 5.91 Å². The Morgan fingerprint density at radius 1 is 1.16 bits per heavy atom. The van der Waals surface area contributed by atoms with Crippen molar-refractivity contribution in [1.29, 1.82) is 0 Å². The summed E-state index contributed by atoms with van der Waals surface area (Å²) in [5.74, 6) is -0.000660. The van der Waals surface area contributed by atoms with E-state index in [-0.39, 0.29) is 11.7 Å². The highest BCUT2D eigenvalue weighted by atomic mass is 16.5. The SMILES string of the molecule is CCN(NC(=O)c1oc2ccccc2c1COC)c1ccc(C)cc1. The van der Waals surface area contributed by atoms with Crippen molar-refractivity contribution in [3.05, 3.63) is 65.4 Å². The Morgan fingerprint density at radius 3 is 2.56 bits per heavy atom. The quantitative estimate of drug-likeness (QED) is 0.689. The molecule has 0 radical (unpaired) electrons. The second-order valence-corrected chi connectivity index (χ2v) is 5.86. The molecular weight excluding hydrogens is 316 g/mol. The molecule has 1 N–H and O–H groups in total. The third-order valence-corrected chi connectivity index (χ3v) is 4.09. The first-order chi connectivity index (χ1) is 12.1. The van der Waals surface area contributed by atoms with Crippen molar-refractivity contribution in [1.82, 2.24) is 5.43 Å². The summed E-state index contributed by atoms with van der Waals surface area (Å²) in [5.41, 5.74) is 6.46. The van der Waals surface area contributed by atoms with Crippen molar-refractivity contribution in [3.63, 3.8) is 0 Å². The maximum absolute atomic E-state index is 12.8. The normalized spacial score (nSPS) is 10.8. The fourth-order valence-electron chi connectivity index (χ4n) is 2.79. The molecule has 1 aromatic heterocycles. The number of hydrogen-bond acceptors (Lipinski definition) is 4. The number of nitrogens with zero attached hydrogens (tertiary/aromatic N) is 1. The van der Waals surface area contributed by atoms with Crippen LogP contribution in [0, 0.1) is 6.92 Å². The minimum atomic E-state index is -0.286. The lowest BCUT2D eigenvalue weighted by Gasteiger charge is -2.23. The molecular formula is C20H22N2O3. The molecule has 0 saturated heterocycles. The molecule has 2 aromatic carbocycles. The molecule has 0 bridgehead atoms. The van der Waals surface area contributed by atoms with Gasteiger partial charge in [-0.2, -0.15) is 0 Å². The van der Waals surface area contributed by atoms with Crippen LogP contribution in [-0.2, 0) is 11.3 Å². The van der Waals surface area contributed by atoms with Crippen LogP contribution >= 0.6 is 0 Å². The van der Waals surface area contributed by atoms with E-state index in [1.807, 2.05) is 62.4 Å². The number of carbonyl (C=O) groups is 1. The van der Waals surface area contributed by atoms with Crippen LogP contribution < -0.4 is 10.4 Å². The van der Waals surface area contributed by atoms with Crippen molar-refractivity contribution in [2.24, 2.45) is 0 Å². The van der Waals surface area contributed by atoms with E-state index in [1.165, 1.54) is 5.56 Å². The van der Waals surface area contributed by atoms with Crippen molar-refractivity contribution < 1.29 is 13.9 Å². The lowest BCUT2D eigenvalue weighted by molar-refractivity contribution is 0.0917. The fourth-order valence-corrected chi connectivity index (χ4v) is 2.79. The summed E-state index contributed by atoms with van der Waals surface area (Å²) in [5, 5.41) is 2.69. The number of aryl methyl sites for hydroxylation is 1. The number of ether oxygens (including phenoxy) is 1. The number of furan rings is 1. The largest absolute Gasteiger partial charge is 0.450 e. The molecule has 0 unspecified atom stereocenters. The molecule has 1 heterocycles. The zero-order valence-corrected chi connectivity index (χ0v) is 14.7. The summed E-state index contributed by atoms with van der Waals surface area (Å²) in [4.78, 5) is 12.8. The van der Waals surface area contributed by atoms with Gasteiger partial charge in [-0.05, 0) is 32.0 Å². The second-order valence-electron chi connectivity index (χ2n) is 5.86. The van der Waals surface area contributed by atoms with E-state index < -0.39 is 0 Å². The molecule has 1 amide bonds. The molecule has 3 aromatic rings. The van der Waals surface area contributed by atoms with Gasteiger partial charge in [-0.15, -0.1) is 0 Å². The van der Waals surface area contributed by atoms with Gasteiger partial charge in [0.05, 0.1) is 12.3 Å². The Hall–Kier alpha value is -2.79. The van der Waals surface area contributed by atoms with Crippen LogP contribution in [0.25, 0.3) is 11.0 Å². The first kappa shape index (κ1) is 17.0. The minimum absolute atomic E-state index is 0.286. The Bertz CT molecular complexity index is 868. The Kier molecular flexibility index (Phi) is 5.05. The molecule has 0 aliphatic heterocycles. The zero-order valence-electron chi connectivity index (χ0n) is 14.7. The lowest BCUT2D eigenvalue weighted by atomic mass is 10.1. The summed E-state index contributed by atoms with van der Waals surface area (Å²) < 4.78 is 11.1. The number of hydrogen-bond donors (Lipinski definition) is 1. The van der Waals surface area contributed by atoms with E-state index in [9.17, 15) is 4.79 Å². The molecule has 0 spiro atoms. The van der Waals surface area contributed by atoms with Gasteiger partial charge in [0.2, 0.25) is 0 Å². The standard InChI is InChI=1S/C20H22N2O3/c1-4-22(15-11-9-14(2)10-12-15)21-20(23)19-17(13-24-3)16-7-5-6-8-18(16)25-19/h5-12H,4,13H2,1-3H3,(H,21,23). The fraction of sp³-hybridized carbons (Fsp3) is 0.250. The molecule has 5 nitrogen and oxygen atoms in total. The maximum Gasteiger partial charge on any atom is 0.305 e. The number of carbonyl (C=O) groups excluding carboxylic acids is 1. The molecule has 0 saturated carbocycles. The van der Waals surface area contributed by atoms with E-state index in [0.717, 1.165) is 16.6 Å². The van der Waals surface area contributed by atoms with E-state index in [2.05, 4.69) is 5.43 Å². The molecule has 5 heteroatoms. The number of fused-ring (bicyclic) bond motifs is 1. The summed E-state index contributed by atoms with van der Waals surface area (Å²) in [6.07, 6.45) is 0. The van der Waals surface area contributed by atoms with Crippen molar-refractivity contribution in [2.45, 2.75) is 20.5 Å². The highest BCUT2D eigenvalue weighted by Crippen LogP contribution is 2.26. The van der Waals surface area contributed by atoms with Crippen LogP contribution in [0.5, 0.6) is 0 Å². The lowest BCUT2D eigenvalue weighted by Crippen LogP contribution is -2.42. The molecule has 25 heavy (non-hydrogen) atoms. The number of para-hydroxylation sites is 1. The number of nitrogens with one attached hydrogen (secondary N) is 1. The van der Waals surface area contributed by atoms with Crippen LogP contribution in [0.1, 0.15) is 28.6 Å². The highest BCUT2D eigenvalue weighted by Gasteiger charge is 2.22. The van der Waals surface area contributed by atoms with Crippen molar-refractivity contribution in [2.75, 3.05) is 18.7 Å². The van der Waals surface area contributed by atoms with Crippen LogP contribution in [0.3, 0.4) is 0 Å². The third-order valence-electron chi connectivity index (χ3n) is 4.09. The van der Waals surface area contributed by atoms with Gasteiger partial charge in [-0.25, -0.2) is 0 Å².